The molecule has 2 N–H and O–H groups in total. The Morgan fingerprint density at radius 2 is 1.67 bits per heavy atom. The predicted molar refractivity (Wildman–Crippen MR) is 108 cm³/mol. The average molecular weight is 370 g/mol. The number of hydrogen-bond donors (Lipinski definition) is 2. The van der Waals surface area contributed by atoms with Crippen molar-refractivity contribution in [3.8, 4) is 0 Å². The lowest BCUT2D eigenvalue weighted by Gasteiger charge is -2.28. The monoisotopic (exact) mass is 370 g/mol. The Hall–Kier alpha value is -2.60. The summed E-state index contributed by atoms with van der Waals surface area (Å²) in [5.41, 5.74) is 3.54. The van der Waals surface area contributed by atoms with Gasteiger partial charge < -0.3 is 20.3 Å². The summed E-state index contributed by atoms with van der Waals surface area (Å²) < 4.78 is 18.3. The van der Waals surface area contributed by atoms with Crippen LogP contribution in [0.15, 0.2) is 53.5 Å². The van der Waals surface area contributed by atoms with Crippen LogP contribution in [0, 0.1) is 5.82 Å². The molecule has 0 radical (unpaired) electrons. The Balaban J connectivity index is 1.42. The lowest BCUT2D eigenvalue weighted by molar-refractivity contribution is 0.122. The minimum Gasteiger partial charge on any atom is -0.378 e. The molecule has 2 aromatic carbocycles. The summed E-state index contributed by atoms with van der Waals surface area (Å²) in [6.07, 6.45) is 0.815. The van der Waals surface area contributed by atoms with Crippen LogP contribution in [0.4, 0.5) is 10.1 Å². The van der Waals surface area contributed by atoms with Gasteiger partial charge in [-0.15, -0.1) is 0 Å². The zero-order chi connectivity index (χ0) is 18.9. The van der Waals surface area contributed by atoms with Gasteiger partial charge in [0.2, 0.25) is 0 Å². The third-order valence-electron chi connectivity index (χ3n) is 4.62. The molecule has 6 heteroatoms. The summed E-state index contributed by atoms with van der Waals surface area (Å²) in [5, 5.41) is 6.61. The highest BCUT2D eigenvalue weighted by atomic mass is 19.1. The van der Waals surface area contributed by atoms with Crippen molar-refractivity contribution in [2.75, 3.05) is 44.8 Å². The second-order valence-corrected chi connectivity index (χ2v) is 6.49. The molecule has 0 saturated carbocycles. The highest BCUT2D eigenvalue weighted by Crippen LogP contribution is 2.16. The van der Waals surface area contributed by atoms with Gasteiger partial charge in [0.1, 0.15) is 5.82 Å². The highest BCUT2D eigenvalue weighted by Gasteiger charge is 2.10. The van der Waals surface area contributed by atoms with E-state index in [9.17, 15) is 4.39 Å². The maximum atomic E-state index is 12.9. The highest BCUT2D eigenvalue weighted by molar-refractivity contribution is 5.79. The van der Waals surface area contributed by atoms with Crippen molar-refractivity contribution < 1.29 is 9.13 Å². The second kappa shape index (κ2) is 9.92. The van der Waals surface area contributed by atoms with E-state index in [1.807, 2.05) is 12.1 Å². The third kappa shape index (κ3) is 5.96. The maximum absolute atomic E-state index is 12.9. The zero-order valence-electron chi connectivity index (χ0n) is 15.7. The van der Waals surface area contributed by atoms with Crippen molar-refractivity contribution in [1.82, 2.24) is 10.6 Å². The summed E-state index contributed by atoms with van der Waals surface area (Å²) in [6.45, 7) is 4.93. The molecule has 2 aromatic rings. The number of guanidine groups is 1. The molecule has 1 aliphatic heterocycles. The fourth-order valence-electron chi connectivity index (χ4n) is 3.03. The van der Waals surface area contributed by atoms with Gasteiger partial charge in [0.25, 0.3) is 0 Å². The van der Waals surface area contributed by atoms with Crippen molar-refractivity contribution in [1.29, 1.82) is 0 Å². The van der Waals surface area contributed by atoms with Crippen LogP contribution in [0.1, 0.15) is 11.1 Å². The molecular formula is C21H27FN4O. The van der Waals surface area contributed by atoms with E-state index in [4.69, 9.17) is 4.74 Å². The van der Waals surface area contributed by atoms with E-state index in [0.717, 1.165) is 50.8 Å². The number of halogens is 1. The van der Waals surface area contributed by atoms with Crippen LogP contribution in [0.25, 0.3) is 0 Å². The van der Waals surface area contributed by atoms with Crippen molar-refractivity contribution in [2.45, 2.75) is 13.0 Å². The molecule has 0 atom stereocenters. The van der Waals surface area contributed by atoms with Gasteiger partial charge in [-0.1, -0.05) is 24.3 Å². The van der Waals surface area contributed by atoms with Crippen LogP contribution >= 0.6 is 0 Å². The SMILES string of the molecule is CN=C(NCCc1ccc(F)cc1)NCc1ccc(N2CCOCC2)cc1. The Morgan fingerprint density at radius 3 is 2.33 bits per heavy atom. The van der Waals surface area contributed by atoms with Gasteiger partial charge in [0.05, 0.1) is 13.2 Å². The van der Waals surface area contributed by atoms with Crippen LogP contribution in [0.2, 0.25) is 0 Å². The number of benzene rings is 2. The van der Waals surface area contributed by atoms with Gasteiger partial charge in [-0.25, -0.2) is 4.39 Å². The minimum absolute atomic E-state index is 0.205. The van der Waals surface area contributed by atoms with Crippen molar-refractivity contribution in [2.24, 2.45) is 4.99 Å². The summed E-state index contributed by atoms with van der Waals surface area (Å²) in [5.74, 6) is 0.554. The number of ether oxygens (including phenoxy) is 1. The first-order chi connectivity index (χ1) is 13.2. The number of nitrogens with zero attached hydrogens (tertiary/aromatic N) is 2. The van der Waals surface area contributed by atoms with Crippen LogP contribution in [-0.2, 0) is 17.7 Å². The van der Waals surface area contributed by atoms with Crippen molar-refractivity contribution in [3.63, 3.8) is 0 Å². The minimum atomic E-state index is -0.205. The zero-order valence-corrected chi connectivity index (χ0v) is 15.7. The summed E-state index contributed by atoms with van der Waals surface area (Å²) in [6, 6.07) is 15.2. The topological polar surface area (TPSA) is 48.9 Å². The summed E-state index contributed by atoms with van der Waals surface area (Å²) >= 11 is 0. The Bertz CT molecular complexity index is 725. The number of aliphatic imine (C=N–C) groups is 1. The second-order valence-electron chi connectivity index (χ2n) is 6.49. The summed E-state index contributed by atoms with van der Waals surface area (Å²) in [4.78, 5) is 6.60. The molecule has 27 heavy (non-hydrogen) atoms. The van der Waals surface area contributed by atoms with Crippen molar-refractivity contribution >= 4 is 11.6 Å². The molecule has 0 unspecified atom stereocenters. The van der Waals surface area contributed by atoms with E-state index in [2.05, 4.69) is 44.8 Å². The molecule has 0 spiro atoms. The van der Waals surface area contributed by atoms with Crippen LogP contribution in [0.3, 0.4) is 0 Å². The van der Waals surface area contributed by atoms with Crippen molar-refractivity contribution in [3.05, 3.63) is 65.5 Å². The van der Waals surface area contributed by atoms with E-state index >= 15 is 0 Å². The van der Waals surface area contributed by atoms with E-state index in [1.165, 1.54) is 23.4 Å². The van der Waals surface area contributed by atoms with Gasteiger partial charge >= 0.3 is 0 Å². The predicted octanol–water partition coefficient (Wildman–Crippen LogP) is 2.57. The maximum Gasteiger partial charge on any atom is 0.191 e. The number of anilines is 1. The molecule has 0 aromatic heterocycles. The Kier molecular flexibility index (Phi) is 7.04. The molecular weight excluding hydrogens is 343 g/mol. The molecule has 1 saturated heterocycles. The number of morpholine rings is 1. The van der Waals surface area contributed by atoms with Gasteiger partial charge in [-0.2, -0.15) is 0 Å². The van der Waals surface area contributed by atoms with E-state index in [1.54, 1.807) is 7.05 Å². The molecule has 0 amide bonds. The number of hydrogen-bond acceptors (Lipinski definition) is 3. The third-order valence-corrected chi connectivity index (χ3v) is 4.62. The van der Waals surface area contributed by atoms with Gasteiger partial charge in [0.15, 0.2) is 5.96 Å². The molecule has 3 rings (SSSR count). The lowest BCUT2D eigenvalue weighted by atomic mass is 10.1. The largest absolute Gasteiger partial charge is 0.378 e. The van der Waals surface area contributed by atoms with Gasteiger partial charge in [-0.3, -0.25) is 4.99 Å². The van der Waals surface area contributed by atoms with Crippen LogP contribution < -0.4 is 15.5 Å². The number of rotatable bonds is 6. The van der Waals surface area contributed by atoms with Crippen LogP contribution in [-0.4, -0.2) is 45.9 Å². The molecule has 1 aliphatic rings. The molecule has 0 bridgehead atoms. The molecule has 0 aliphatic carbocycles. The quantitative estimate of drug-likeness (QED) is 0.606. The fourth-order valence-corrected chi connectivity index (χ4v) is 3.03. The van der Waals surface area contributed by atoms with E-state index in [0.29, 0.717) is 6.54 Å². The lowest BCUT2D eigenvalue weighted by Crippen LogP contribution is -2.38. The smallest absolute Gasteiger partial charge is 0.191 e. The Labute approximate surface area is 160 Å². The summed E-state index contributed by atoms with van der Waals surface area (Å²) in [7, 11) is 1.76. The average Bonchev–Trinajstić information content (AvgIpc) is 2.73. The molecule has 144 valence electrons. The molecule has 5 nitrogen and oxygen atoms in total. The first kappa shape index (κ1) is 19.2. The Morgan fingerprint density at radius 1 is 1.00 bits per heavy atom. The number of nitrogens with one attached hydrogen (secondary N) is 2. The van der Waals surface area contributed by atoms with Gasteiger partial charge in [0, 0.05) is 38.9 Å². The normalized spacial score (nSPS) is 14.9. The first-order valence-corrected chi connectivity index (χ1v) is 9.35. The molecule has 1 heterocycles. The standard InChI is InChI=1S/C21H27FN4O/c1-23-21(24-11-10-17-2-6-19(22)7-3-17)25-16-18-4-8-20(9-5-18)26-12-14-27-15-13-26/h2-9H,10-16H2,1H3,(H2,23,24,25). The van der Waals surface area contributed by atoms with Crippen LogP contribution in [0.5, 0.6) is 0 Å². The first-order valence-electron chi connectivity index (χ1n) is 9.35. The van der Waals surface area contributed by atoms with Gasteiger partial charge in [-0.05, 0) is 41.8 Å². The van der Waals surface area contributed by atoms with E-state index in [-0.39, 0.29) is 5.82 Å². The fraction of sp³-hybridized carbons (Fsp3) is 0.381. The van der Waals surface area contributed by atoms with E-state index < -0.39 is 0 Å². The molecule has 1 fully saturated rings.